The van der Waals surface area contributed by atoms with Crippen molar-refractivity contribution in [1.29, 1.82) is 0 Å². The van der Waals surface area contributed by atoms with Crippen LogP contribution in [0.1, 0.15) is 24.3 Å². The van der Waals surface area contributed by atoms with Crippen LogP contribution in [-0.2, 0) is 4.74 Å². The highest BCUT2D eigenvalue weighted by Crippen LogP contribution is 2.17. The molecule has 0 bridgehead atoms. The van der Waals surface area contributed by atoms with Crippen molar-refractivity contribution in [2.75, 3.05) is 13.7 Å². The van der Waals surface area contributed by atoms with Gasteiger partial charge in [0.25, 0.3) is 0 Å². The first-order chi connectivity index (χ1) is 7.20. The molecule has 1 aromatic heterocycles. The van der Waals surface area contributed by atoms with Crippen LogP contribution < -0.4 is 4.74 Å². The number of carbonyl (C=O) groups excluding carboxylic acids is 1. The number of aromatic nitrogens is 1. The van der Waals surface area contributed by atoms with Gasteiger partial charge in [-0.05, 0) is 26.0 Å². The fourth-order valence-corrected chi connectivity index (χ4v) is 1.26. The molecule has 15 heavy (non-hydrogen) atoms. The molecule has 0 aliphatic rings. The van der Waals surface area contributed by atoms with Crippen LogP contribution in [0.15, 0.2) is 18.3 Å². The average Bonchev–Trinajstić information content (AvgIpc) is 2.28. The largest absolute Gasteiger partial charge is 0.494 e. The van der Waals surface area contributed by atoms with E-state index in [1.807, 2.05) is 6.92 Å². The molecule has 4 nitrogen and oxygen atoms in total. The predicted octanol–water partition coefficient (Wildman–Crippen LogP) is 1.70. The van der Waals surface area contributed by atoms with Gasteiger partial charge < -0.3 is 9.47 Å². The third-order valence-electron chi connectivity index (χ3n) is 2.01. The second kappa shape index (κ2) is 5.46. The Bertz CT molecular complexity index is 338. The van der Waals surface area contributed by atoms with Crippen molar-refractivity contribution in [2.45, 2.75) is 20.0 Å². The van der Waals surface area contributed by atoms with Crippen LogP contribution in [0.25, 0.3) is 0 Å². The van der Waals surface area contributed by atoms with E-state index >= 15 is 0 Å². The summed E-state index contributed by atoms with van der Waals surface area (Å²) >= 11 is 0. The Morgan fingerprint density at radius 1 is 1.60 bits per heavy atom. The quantitative estimate of drug-likeness (QED) is 0.692. The minimum atomic E-state index is -0.487. The Kier molecular flexibility index (Phi) is 4.24. The number of nitrogens with zero attached hydrogens (tertiary/aromatic N) is 1. The second-order valence-corrected chi connectivity index (χ2v) is 3.02. The molecular formula is C11H15NO3. The Morgan fingerprint density at radius 3 is 2.93 bits per heavy atom. The van der Waals surface area contributed by atoms with Gasteiger partial charge in [0, 0.05) is 12.8 Å². The molecule has 0 saturated heterocycles. The van der Waals surface area contributed by atoms with E-state index in [0.29, 0.717) is 18.1 Å². The van der Waals surface area contributed by atoms with Crippen LogP contribution >= 0.6 is 0 Å². The number of Topliss-reactive ketones (excluding diaryl/α,β-unsaturated/α-hetero) is 1. The number of methoxy groups -OCH3 is 1. The maximum atomic E-state index is 11.8. The van der Waals surface area contributed by atoms with E-state index in [9.17, 15) is 4.79 Å². The van der Waals surface area contributed by atoms with Gasteiger partial charge in [-0.2, -0.15) is 0 Å². The lowest BCUT2D eigenvalue weighted by Gasteiger charge is -2.11. The molecule has 0 aliphatic heterocycles. The summed E-state index contributed by atoms with van der Waals surface area (Å²) in [5, 5.41) is 0. The molecule has 0 aromatic carbocycles. The van der Waals surface area contributed by atoms with Crippen molar-refractivity contribution >= 4 is 5.78 Å². The standard InChI is InChI=1S/C11H15NO3/c1-4-15-8(2)11(13)10-9(14-3)6-5-7-12-10/h5-8H,4H2,1-3H3. The highest BCUT2D eigenvalue weighted by atomic mass is 16.5. The molecule has 0 saturated carbocycles. The first kappa shape index (κ1) is 11.7. The number of carbonyl (C=O) groups is 1. The van der Waals surface area contributed by atoms with Crippen LogP contribution in [0.5, 0.6) is 5.75 Å². The third-order valence-corrected chi connectivity index (χ3v) is 2.01. The number of hydrogen-bond donors (Lipinski definition) is 0. The SMILES string of the molecule is CCOC(C)C(=O)c1ncccc1OC. The van der Waals surface area contributed by atoms with Gasteiger partial charge in [0.1, 0.15) is 11.9 Å². The Morgan fingerprint density at radius 2 is 2.33 bits per heavy atom. The van der Waals surface area contributed by atoms with Crippen LogP contribution in [0, 0.1) is 0 Å². The normalized spacial score (nSPS) is 12.2. The van der Waals surface area contributed by atoms with Crippen LogP contribution in [0.4, 0.5) is 0 Å². The molecule has 0 fully saturated rings. The molecule has 0 aliphatic carbocycles. The highest BCUT2D eigenvalue weighted by Gasteiger charge is 2.20. The zero-order valence-electron chi connectivity index (χ0n) is 9.19. The van der Waals surface area contributed by atoms with Crippen molar-refractivity contribution in [3.63, 3.8) is 0 Å². The number of hydrogen-bond acceptors (Lipinski definition) is 4. The third kappa shape index (κ3) is 2.76. The summed E-state index contributed by atoms with van der Waals surface area (Å²) in [7, 11) is 1.51. The van der Waals surface area contributed by atoms with E-state index in [-0.39, 0.29) is 5.78 Å². The molecule has 0 amide bonds. The van der Waals surface area contributed by atoms with E-state index in [2.05, 4.69) is 4.98 Å². The maximum absolute atomic E-state index is 11.8. The Hall–Kier alpha value is -1.42. The zero-order valence-corrected chi connectivity index (χ0v) is 9.19. The molecular weight excluding hydrogens is 194 g/mol. The fourth-order valence-electron chi connectivity index (χ4n) is 1.26. The molecule has 1 heterocycles. The number of rotatable bonds is 5. The maximum Gasteiger partial charge on any atom is 0.213 e. The second-order valence-electron chi connectivity index (χ2n) is 3.02. The van der Waals surface area contributed by atoms with E-state index in [1.54, 1.807) is 25.3 Å². The van der Waals surface area contributed by atoms with Crippen LogP contribution in [-0.4, -0.2) is 30.6 Å². The van der Waals surface area contributed by atoms with Gasteiger partial charge in [0.2, 0.25) is 5.78 Å². The zero-order chi connectivity index (χ0) is 11.3. The fraction of sp³-hybridized carbons (Fsp3) is 0.455. The highest BCUT2D eigenvalue weighted by molar-refractivity contribution is 5.99. The minimum Gasteiger partial charge on any atom is -0.494 e. The van der Waals surface area contributed by atoms with Crippen LogP contribution in [0.3, 0.4) is 0 Å². The lowest BCUT2D eigenvalue weighted by atomic mass is 10.1. The van der Waals surface area contributed by atoms with Crippen molar-refractivity contribution in [1.82, 2.24) is 4.98 Å². The number of ketones is 1. The molecule has 1 rings (SSSR count). The monoisotopic (exact) mass is 209 g/mol. The first-order valence-electron chi connectivity index (χ1n) is 4.85. The van der Waals surface area contributed by atoms with Gasteiger partial charge in [0.15, 0.2) is 5.69 Å². The molecule has 4 heteroatoms. The van der Waals surface area contributed by atoms with Crippen molar-refractivity contribution in [3.8, 4) is 5.75 Å². The van der Waals surface area contributed by atoms with E-state index in [1.165, 1.54) is 7.11 Å². The van der Waals surface area contributed by atoms with Crippen LogP contribution in [0.2, 0.25) is 0 Å². The van der Waals surface area contributed by atoms with E-state index in [4.69, 9.17) is 9.47 Å². The molecule has 0 N–H and O–H groups in total. The van der Waals surface area contributed by atoms with E-state index in [0.717, 1.165) is 0 Å². The van der Waals surface area contributed by atoms with Gasteiger partial charge >= 0.3 is 0 Å². The van der Waals surface area contributed by atoms with E-state index < -0.39 is 6.10 Å². The molecule has 1 aromatic rings. The molecule has 0 radical (unpaired) electrons. The number of ether oxygens (including phenoxy) is 2. The smallest absolute Gasteiger partial charge is 0.213 e. The van der Waals surface area contributed by atoms with Gasteiger partial charge in [-0.25, -0.2) is 4.98 Å². The lowest BCUT2D eigenvalue weighted by molar-refractivity contribution is 0.0513. The summed E-state index contributed by atoms with van der Waals surface area (Å²) in [5.41, 5.74) is 0.320. The van der Waals surface area contributed by atoms with Gasteiger partial charge in [-0.15, -0.1) is 0 Å². The van der Waals surface area contributed by atoms with Crippen molar-refractivity contribution < 1.29 is 14.3 Å². The summed E-state index contributed by atoms with van der Waals surface area (Å²) in [6.07, 6.45) is 1.08. The minimum absolute atomic E-state index is 0.158. The summed E-state index contributed by atoms with van der Waals surface area (Å²) in [6, 6.07) is 3.43. The summed E-state index contributed by atoms with van der Waals surface area (Å²) in [5.74, 6) is 0.323. The Balaban J connectivity index is 2.90. The Labute approximate surface area is 89.2 Å². The van der Waals surface area contributed by atoms with Gasteiger partial charge in [-0.1, -0.05) is 0 Å². The summed E-state index contributed by atoms with van der Waals surface area (Å²) in [4.78, 5) is 15.8. The van der Waals surface area contributed by atoms with Gasteiger partial charge in [0.05, 0.1) is 7.11 Å². The molecule has 1 atom stereocenters. The average molecular weight is 209 g/mol. The van der Waals surface area contributed by atoms with Crippen molar-refractivity contribution in [3.05, 3.63) is 24.0 Å². The molecule has 82 valence electrons. The van der Waals surface area contributed by atoms with Gasteiger partial charge in [-0.3, -0.25) is 4.79 Å². The summed E-state index contributed by atoms with van der Waals surface area (Å²) in [6.45, 7) is 4.06. The van der Waals surface area contributed by atoms with Crippen molar-refractivity contribution in [2.24, 2.45) is 0 Å². The topological polar surface area (TPSA) is 48.4 Å². The number of pyridine rings is 1. The predicted molar refractivity (Wildman–Crippen MR) is 56.2 cm³/mol. The summed E-state index contributed by atoms with van der Waals surface area (Å²) < 4.78 is 10.3. The lowest BCUT2D eigenvalue weighted by Crippen LogP contribution is -2.22. The molecule has 0 spiro atoms. The molecule has 1 unspecified atom stereocenters. The first-order valence-corrected chi connectivity index (χ1v) is 4.85.